The number of ketones is 1. The molecule has 5 nitrogen and oxygen atoms in total. The van der Waals surface area contributed by atoms with Crippen molar-refractivity contribution in [1.29, 1.82) is 0 Å². The van der Waals surface area contributed by atoms with Crippen LogP contribution in [0.5, 0.6) is 0 Å². The molecule has 0 spiro atoms. The fourth-order valence-electron chi connectivity index (χ4n) is 3.77. The smallest absolute Gasteiger partial charge is 0.238 e. The predicted molar refractivity (Wildman–Crippen MR) is 125 cm³/mol. The molecule has 1 aliphatic heterocycles. The predicted octanol–water partition coefficient (Wildman–Crippen LogP) is 4.47. The van der Waals surface area contributed by atoms with Gasteiger partial charge in [0.05, 0.1) is 12.2 Å². The van der Waals surface area contributed by atoms with Gasteiger partial charge >= 0.3 is 0 Å². The standard InChI is InChI=1S/C25H23ClFN3O2/c26-19-6-11-23(22(16-19)25(32)18-4-2-1-3-5-18)28-24(31)17-29-12-14-30(15-13-29)21-9-7-20(27)8-10-21/h1-11,16H,12-15,17H2,(H,28,31). The molecule has 0 bridgehead atoms. The van der Waals surface area contributed by atoms with Gasteiger partial charge in [-0.2, -0.15) is 0 Å². The Morgan fingerprint density at radius 3 is 2.28 bits per heavy atom. The lowest BCUT2D eigenvalue weighted by atomic mass is 10.0. The number of nitrogens with one attached hydrogen (secondary N) is 1. The molecule has 3 aromatic carbocycles. The van der Waals surface area contributed by atoms with E-state index in [2.05, 4.69) is 15.1 Å². The highest BCUT2D eigenvalue weighted by Crippen LogP contribution is 2.24. The van der Waals surface area contributed by atoms with Crippen molar-refractivity contribution in [1.82, 2.24) is 4.90 Å². The van der Waals surface area contributed by atoms with Crippen molar-refractivity contribution in [3.05, 3.63) is 94.8 Å². The van der Waals surface area contributed by atoms with E-state index in [0.717, 1.165) is 18.8 Å². The fourth-order valence-corrected chi connectivity index (χ4v) is 3.94. The quantitative estimate of drug-likeness (QED) is 0.562. The number of carbonyl (C=O) groups is 2. The van der Waals surface area contributed by atoms with Crippen LogP contribution < -0.4 is 10.2 Å². The van der Waals surface area contributed by atoms with Gasteiger partial charge in [-0.15, -0.1) is 0 Å². The summed E-state index contributed by atoms with van der Waals surface area (Å²) < 4.78 is 13.1. The first-order chi connectivity index (χ1) is 15.5. The minimum absolute atomic E-state index is 0.190. The minimum Gasteiger partial charge on any atom is -0.369 e. The van der Waals surface area contributed by atoms with E-state index in [1.54, 1.807) is 54.6 Å². The first-order valence-electron chi connectivity index (χ1n) is 10.4. The molecule has 0 saturated carbocycles. The molecule has 0 aliphatic carbocycles. The molecule has 1 aliphatic rings. The number of amides is 1. The van der Waals surface area contributed by atoms with Crippen LogP contribution in [0.2, 0.25) is 5.02 Å². The maximum atomic E-state index is 13.1. The van der Waals surface area contributed by atoms with Crippen LogP contribution in [0.3, 0.4) is 0 Å². The first-order valence-corrected chi connectivity index (χ1v) is 10.8. The van der Waals surface area contributed by atoms with Crippen LogP contribution in [0, 0.1) is 5.82 Å². The fraction of sp³-hybridized carbons (Fsp3) is 0.200. The summed E-state index contributed by atoms with van der Waals surface area (Å²) in [5.41, 5.74) is 2.30. The summed E-state index contributed by atoms with van der Waals surface area (Å²) >= 11 is 6.11. The Hall–Kier alpha value is -3.22. The van der Waals surface area contributed by atoms with E-state index in [9.17, 15) is 14.0 Å². The third kappa shape index (κ3) is 5.33. The molecule has 1 amide bonds. The monoisotopic (exact) mass is 451 g/mol. The van der Waals surface area contributed by atoms with Crippen molar-refractivity contribution in [2.75, 3.05) is 42.9 Å². The summed E-state index contributed by atoms with van der Waals surface area (Å²) in [7, 11) is 0. The van der Waals surface area contributed by atoms with Crippen molar-refractivity contribution in [3.63, 3.8) is 0 Å². The summed E-state index contributed by atoms with van der Waals surface area (Å²) in [5, 5.41) is 3.30. The molecule has 1 fully saturated rings. The van der Waals surface area contributed by atoms with Gasteiger partial charge in [0.25, 0.3) is 0 Å². The number of nitrogens with zero attached hydrogens (tertiary/aromatic N) is 2. The molecule has 1 N–H and O–H groups in total. The van der Waals surface area contributed by atoms with Crippen molar-refractivity contribution in [3.8, 4) is 0 Å². The average molecular weight is 452 g/mol. The van der Waals surface area contributed by atoms with Crippen LogP contribution in [-0.2, 0) is 4.79 Å². The molecule has 1 saturated heterocycles. The third-order valence-corrected chi connectivity index (χ3v) is 5.70. The lowest BCUT2D eigenvalue weighted by Gasteiger charge is -2.35. The van der Waals surface area contributed by atoms with E-state index in [-0.39, 0.29) is 24.1 Å². The summed E-state index contributed by atoms with van der Waals surface area (Å²) in [4.78, 5) is 29.9. The van der Waals surface area contributed by atoms with Gasteiger partial charge in [-0.05, 0) is 42.5 Å². The Bertz CT molecular complexity index is 1100. The number of hydrogen-bond acceptors (Lipinski definition) is 4. The number of anilines is 2. The number of carbonyl (C=O) groups excluding carboxylic acids is 2. The summed E-state index contributed by atoms with van der Waals surface area (Å²) in [6.45, 7) is 3.14. The van der Waals surface area contributed by atoms with Crippen LogP contribution in [0.1, 0.15) is 15.9 Å². The van der Waals surface area contributed by atoms with Crippen LogP contribution in [0.15, 0.2) is 72.8 Å². The van der Waals surface area contributed by atoms with Crippen LogP contribution in [0.4, 0.5) is 15.8 Å². The number of piperazine rings is 1. The molecule has 164 valence electrons. The average Bonchev–Trinajstić information content (AvgIpc) is 2.81. The number of benzene rings is 3. The third-order valence-electron chi connectivity index (χ3n) is 5.47. The molecular weight excluding hydrogens is 429 g/mol. The maximum Gasteiger partial charge on any atom is 0.238 e. The molecular formula is C25H23ClFN3O2. The second-order valence-corrected chi connectivity index (χ2v) is 8.11. The van der Waals surface area contributed by atoms with Gasteiger partial charge in [0.1, 0.15) is 5.82 Å². The first kappa shape index (κ1) is 22.0. The van der Waals surface area contributed by atoms with Crippen LogP contribution >= 0.6 is 11.6 Å². The zero-order valence-corrected chi connectivity index (χ0v) is 18.2. The van der Waals surface area contributed by atoms with E-state index in [1.165, 1.54) is 12.1 Å². The van der Waals surface area contributed by atoms with Crippen molar-refractivity contribution >= 4 is 34.7 Å². The Balaban J connectivity index is 1.37. The number of rotatable bonds is 6. The Morgan fingerprint density at radius 1 is 0.906 bits per heavy atom. The number of halogens is 2. The molecule has 1 heterocycles. The van der Waals surface area contributed by atoms with E-state index >= 15 is 0 Å². The van der Waals surface area contributed by atoms with Crippen LogP contribution in [0.25, 0.3) is 0 Å². The number of hydrogen-bond donors (Lipinski definition) is 1. The lowest BCUT2D eigenvalue weighted by molar-refractivity contribution is -0.117. The van der Waals surface area contributed by atoms with Gasteiger partial charge in [-0.3, -0.25) is 14.5 Å². The Kier molecular flexibility index (Phi) is 6.83. The minimum atomic E-state index is -0.253. The molecule has 0 aromatic heterocycles. The van der Waals surface area contributed by atoms with Gasteiger partial charge in [0.15, 0.2) is 5.78 Å². The summed E-state index contributed by atoms with van der Waals surface area (Å²) in [6.07, 6.45) is 0. The maximum absolute atomic E-state index is 13.1. The SMILES string of the molecule is O=C(CN1CCN(c2ccc(F)cc2)CC1)Nc1ccc(Cl)cc1C(=O)c1ccccc1. The largest absolute Gasteiger partial charge is 0.369 e. The Labute approximate surface area is 191 Å². The van der Waals surface area contributed by atoms with Crippen molar-refractivity contribution in [2.24, 2.45) is 0 Å². The van der Waals surface area contributed by atoms with Gasteiger partial charge in [0, 0.05) is 48.0 Å². The van der Waals surface area contributed by atoms with Gasteiger partial charge in [-0.1, -0.05) is 41.9 Å². The van der Waals surface area contributed by atoms with Gasteiger partial charge < -0.3 is 10.2 Å². The van der Waals surface area contributed by atoms with Crippen LogP contribution in [-0.4, -0.2) is 49.3 Å². The van der Waals surface area contributed by atoms with Gasteiger partial charge in [0.2, 0.25) is 5.91 Å². The molecule has 0 unspecified atom stereocenters. The molecule has 7 heteroatoms. The van der Waals surface area contributed by atoms with E-state index in [1.807, 2.05) is 6.07 Å². The van der Waals surface area contributed by atoms with Gasteiger partial charge in [-0.25, -0.2) is 4.39 Å². The second kappa shape index (κ2) is 9.94. The zero-order valence-electron chi connectivity index (χ0n) is 17.4. The molecule has 32 heavy (non-hydrogen) atoms. The summed E-state index contributed by atoms with van der Waals surface area (Å²) in [6, 6.07) is 20.2. The molecule has 3 aromatic rings. The molecule has 0 radical (unpaired) electrons. The lowest BCUT2D eigenvalue weighted by Crippen LogP contribution is -2.48. The highest BCUT2D eigenvalue weighted by Gasteiger charge is 2.21. The molecule has 0 atom stereocenters. The summed E-state index contributed by atoms with van der Waals surface area (Å²) in [5.74, 6) is -0.641. The second-order valence-electron chi connectivity index (χ2n) is 7.67. The topological polar surface area (TPSA) is 52.7 Å². The normalized spacial score (nSPS) is 14.2. The Morgan fingerprint density at radius 2 is 1.59 bits per heavy atom. The molecule has 4 rings (SSSR count). The van der Waals surface area contributed by atoms with E-state index < -0.39 is 0 Å². The van der Waals surface area contributed by atoms with E-state index in [4.69, 9.17) is 11.6 Å². The highest BCUT2D eigenvalue weighted by molar-refractivity contribution is 6.31. The highest BCUT2D eigenvalue weighted by atomic mass is 35.5. The van der Waals surface area contributed by atoms with Crippen molar-refractivity contribution < 1.29 is 14.0 Å². The van der Waals surface area contributed by atoms with Crippen molar-refractivity contribution in [2.45, 2.75) is 0 Å². The van der Waals surface area contributed by atoms with E-state index in [0.29, 0.717) is 34.9 Å². The zero-order chi connectivity index (χ0) is 22.5.